The van der Waals surface area contributed by atoms with Crippen LogP contribution >= 0.6 is 35.1 Å². The molecule has 2 rings (SSSR count). The van der Waals surface area contributed by atoms with Crippen LogP contribution in [0.1, 0.15) is 0 Å². The number of thioether (sulfide) groups is 1. The highest BCUT2D eigenvalue weighted by molar-refractivity contribution is 8.00. The molecule has 58 valence electrons. The lowest BCUT2D eigenvalue weighted by Crippen LogP contribution is -2.02. The fourth-order valence-corrected chi connectivity index (χ4v) is 2.71. The molecule has 0 unspecified atom stereocenters. The monoisotopic (exact) mass is 205 g/mol. The highest BCUT2D eigenvalue weighted by Crippen LogP contribution is 2.43. The van der Waals surface area contributed by atoms with Crippen molar-refractivity contribution in [3.8, 4) is 0 Å². The van der Waals surface area contributed by atoms with Gasteiger partial charge in [-0.25, -0.2) is 0 Å². The van der Waals surface area contributed by atoms with Crippen molar-refractivity contribution in [2.45, 2.75) is 4.90 Å². The van der Waals surface area contributed by atoms with Gasteiger partial charge in [-0.3, -0.25) is 4.42 Å². The fraction of sp³-hybridized carbons (Fsp3) is 0.143. The van der Waals surface area contributed by atoms with Gasteiger partial charge in [0, 0.05) is 16.7 Å². The number of hydrogen-bond acceptors (Lipinski definition) is 2. The third-order valence-electron chi connectivity index (χ3n) is 1.53. The van der Waals surface area contributed by atoms with Gasteiger partial charge in [0.25, 0.3) is 0 Å². The molecule has 1 heterocycles. The van der Waals surface area contributed by atoms with E-state index in [1.807, 2.05) is 18.2 Å². The van der Waals surface area contributed by atoms with Crippen LogP contribution in [0.5, 0.6) is 0 Å². The normalized spacial score (nSPS) is 15.3. The summed E-state index contributed by atoms with van der Waals surface area (Å²) >= 11 is 13.5. The minimum absolute atomic E-state index is 0.725. The van der Waals surface area contributed by atoms with E-state index in [2.05, 4.69) is 0 Å². The maximum Gasteiger partial charge on any atom is 0.0855 e. The van der Waals surface area contributed by atoms with Gasteiger partial charge < -0.3 is 0 Å². The van der Waals surface area contributed by atoms with Gasteiger partial charge in [0.05, 0.1) is 16.6 Å². The summed E-state index contributed by atoms with van der Waals surface area (Å²) in [6.07, 6.45) is 0. The van der Waals surface area contributed by atoms with Crippen LogP contribution in [0.4, 0.5) is 5.69 Å². The van der Waals surface area contributed by atoms with E-state index in [-0.39, 0.29) is 0 Å². The van der Waals surface area contributed by atoms with Crippen molar-refractivity contribution in [2.75, 3.05) is 10.3 Å². The lowest BCUT2D eigenvalue weighted by molar-refractivity contribution is 1.29. The number of anilines is 1. The molecular formula is C7H5Cl2NS. The van der Waals surface area contributed by atoms with Crippen molar-refractivity contribution in [1.82, 2.24) is 0 Å². The number of halogens is 2. The molecule has 4 heteroatoms. The summed E-state index contributed by atoms with van der Waals surface area (Å²) in [5, 5.41) is 0.725. The molecule has 0 saturated heterocycles. The van der Waals surface area contributed by atoms with Gasteiger partial charge in [0.1, 0.15) is 0 Å². The first-order valence-corrected chi connectivity index (χ1v) is 4.84. The highest BCUT2D eigenvalue weighted by Gasteiger charge is 2.20. The summed E-state index contributed by atoms with van der Waals surface area (Å²) in [4.78, 5) is 1.16. The quantitative estimate of drug-likeness (QED) is 0.598. The molecule has 0 N–H and O–H groups in total. The van der Waals surface area contributed by atoms with Crippen molar-refractivity contribution < 1.29 is 0 Å². The molecule has 0 aromatic heterocycles. The third kappa shape index (κ3) is 1.19. The molecule has 0 atom stereocenters. The summed E-state index contributed by atoms with van der Waals surface area (Å²) < 4.78 is 1.64. The van der Waals surface area contributed by atoms with E-state index in [1.54, 1.807) is 16.2 Å². The first kappa shape index (κ1) is 7.59. The molecule has 1 aromatic rings. The van der Waals surface area contributed by atoms with Crippen molar-refractivity contribution in [2.24, 2.45) is 0 Å². The van der Waals surface area contributed by atoms with Crippen molar-refractivity contribution in [3.63, 3.8) is 0 Å². The summed E-state index contributed by atoms with van der Waals surface area (Å²) in [5.74, 6) is 0.778. The van der Waals surface area contributed by atoms with Crippen LogP contribution in [0.15, 0.2) is 23.1 Å². The third-order valence-corrected chi connectivity index (χ3v) is 3.29. The van der Waals surface area contributed by atoms with E-state index >= 15 is 0 Å². The summed E-state index contributed by atoms with van der Waals surface area (Å²) in [6.45, 7) is 0. The first-order valence-electron chi connectivity index (χ1n) is 3.13. The maximum absolute atomic E-state index is 5.93. The van der Waals surface area contributed by atoms with E-state index in [9.17, 15) is 0 Å². The predicted octanol–water partition coefficient (Wildman–Crippen LogP) is 3.36. The van der Waals surface area contributed by atoms with Gasteiger partial charge in [-0.2, -0.15) is 0 Å². The molecule has 1 aliphatic heterocycles. The van der Waals surface area contributed by atoms with Crippen LogP contribution in [0.3, 0.4) is 0 Å². The Morgan fingerprint density at radius 1 is 1.45 bits per heavy atom. The molecular weight excluding hydrogens is 201 g/mol. The minimum atomic E-state index is 0.725. The van der Waals surface area contributed by atoms with E-state index in [0.717, 1.165) is 21.5 Å². The Labute approximate surface area is 79.4 Å². The zero-order valence-electron chi connectivity index (χ0n) is 5.55. The summed E-state index contributed by atoms with van der Waals surface area (Å²) in [6, 6.07) is 5.81. The van der Waals surface area contributed by atoms with Gasteiger partial charge >= 0.3 is 0 Å². The summed E-state index contributed by atoms with van der Waals surface area (Å²) in [7, 11) is 0. The molecule has 0 aliphatic carbocycles. The van der Waals surface area contributed by atoms with Crippen LogP contribution in [0.2, 0.25) is 5.02 Å². The van der Waals surface area contributed by atoms with E-state index in [0.29, 0.717) is 0 Å². The Morgan fingerprint density at radius 2 is 2.27 bits per heavy atom. The number of para-hydroxylation sites is 1. The van der Waals surface area contributed by atoms with Crippen LogP contribution in [0.25, 0.3) is 0 Å². The van der Waals surface area contributed by atoms with Crippen LogP contribution in [0, 0.1) is 0 Å². The Kier molecular flexibility index (Phi) is 1.91. The van der Waals surface area contributed by atoms with Gasteiger partial charge in [0.15, 0.2) is 0 Å². The Balaban J connectivity index is 2.58. The minimum Gasteiger partial charge on any atom is -0.272 e. The van der Waals surface area contributed by atoms with Crippen molar-refractivity contribution in [1.29, 1.82) is 0 Å². The molecule has 11 heavy (non-hydrogen) atoms. The second-order valence-electron chi connectivity index (χ2n) is 2.22. The number of hydrogen-bond donors (Lipinski definition) is 0. The van der Waals surface area contributed by atoms with E-state index in [4.69, 9.17) is 23.4 Å². The number of rotatable bonds is 0. The largest absolute Gasteiger partial charge is 0.272 e. The van der Waals surface area contributed by atoms with Crippen LogP contribution in [-0.2, 0) is 0 Å². The zero-order valence-corrected chi connectivity index (χ0v) is 7.88. The topological polar surface area (TPSA) is 3.24 Å². The molecule has 0 spiro atoms. The smallest absolute Gasteiger partial charge is 0.0855 e. The molecule has 0 saturated carbocycles. The second-order valence-corrected chi connectivity index (χ2v) is 4.02. The number of benzene rings is 1. The predicted molar refractivity (Wildman–Crippen MR) is 50.5 cm³/mol. The maximum atomic E-state index is 5.93. The SMILES string of the molecule is Clc1cccc2c1N(Cl)CS2. The summed E-state index contributed by atoms with van der Waals surface area (Å²) in [5.41, 5.74) is 0.945. The Morgan fingerprint density at radius 3 is 3.00 bits per heavy atom. The van der Waals surface area contributed by atoms with E-state index < -0.39 is 0 Å². The Bertz CT molecular complexity index is 290. The Hall–Kier alpha value is -0.0500. The molecule has 0 amide bonds. The molecule has 0 fully saturated rings. The lowest BCUT2D eigenvalue weighted by atomic mass is 10.3. The van der Waals surface area contributed by atoms with Gasteiger partial charge in [-0.05, 0) is 12.1 Å². The molecule has 1 nitrogen and oxygen atoms in total. The van der Waals surface area contributed by atoms with Crippen molar-refractivity contribution >= 4 is 40.8 Å². The molecule has 1 aliphatic rings. The van der Waals surface area contributed by atoms with Gasteiger partial charge in [0.2, 0.25) is 0 Å². The first-order chi connectivity index (χ1) is 5.29. The standard InChI is InChI=1S/C7H5Cl2NS/c8-5-2-1-3-6-7(5)10(9)4-11-6/h1-3H,4H2. The fourth-order valence-electron chi connectivity index (χ4n) is 1.04. The van der Waals surface area contributed by atoms with Crippen LogP contribution < -0.4 is 4.42 Å². The highest BCUT2D eigenvalue weighted by atomic mass is 35.5. The van der Waals surface area contributed by atoms with Gasteiger partial charge in [-0.15, -0.1) is 11.8 Å². The van der Waals surface area contributed by atoms with Gasteiger partial charge in [-0.1, -0.05) is 17.7 Å². The number of nitrogens with zero attached hydrogens (tertiary/aromatic N) is 1. The zero-order chi connectivity index (χ0) is 7.84. The second kappa shape index (κ2) is 2.77. The number of fused-ring (bicyclic) bond motifs is 1. The average molecular weight is 206 g/mol. The average Bonchev–Trinajstić information content (AvgIpc) is 2.34. The van der Waals surface area contributed by atoms with E-state index in [1.165, 1.54) is 0 Å². The van der Waals surface area contributed by atoms with Crippen molar-refractivity contribution in [3.05, 3.63) is 23.2 Å². The molecule has 0 radical (unpaired) electrons. The molecule has 1 aromatic carbocycles. The van der Waals surface area contributed by atoms with Crippen LogP contribution in [-0.4, -0.2) is 5.88 Å². The molecule has 0 bridgehead atoms. The lowest BCUT2D eigenvalue weighted by Gasteiger charge is -2.07.